The third kappa shape index (κ3) is 2.71. The maximum absolute atomic E-state index is 9.04. The molecule has 0 aliphatic rings. The van der Waals surface area contributed by atoms with Gasteiger partial charge in [0.05, 0.1) is 18.0 Å². The highest BCUT2D eigenvalue weighted by Crippen LogP contribution is 2.27. The lowest BCUT2D eigenvalue weighted by Gasteiger charge is -2.06. The Morgan fingerprint density at radius 2 is 2.22 bits per heavy atom. The lowest BCUT2D eigenvalue weighted by Crippen LogP contribution is -1.99. The molecular weight excluding hydrogens is 294 g/mol. The number of hydrogen-bond donors (Lipinski definition) is 0. The number of nitriles is 1. The highest BCUT2D eigenvalue weighted by molar-refractivity contribution is 9.10. The van der Waals surface area contributed by atoms with Gasteiger partial charge in [0.1, 0.15) is 11.8 Å². The van der Waals surface area contributed by atoms with E-state index in [-0.39, 0.29) is 6.04 Å². The van der Waals surface area contributed by atoms with Crippen molar-refractivity contribution in [2.45, 2.75) is 19.9 Å². The minimum Gasteiger partial charge on any atom is -0.453 e. The highest BCUT2D eigenvalue weighted by Gasteiger charge is 2.08. The summed E-state index contributed by atoms with van der Waals surface area (Å²) >= 11 is 3.32. The monoisotopic (exact) mass is 305 g/mol. The fourth-order valence-electron chi connectivity index (χ4n) is 1.46. The number of halogens is 1. The molecule has 18 heavy (non-hydrogen) atoms. The Labute approximate surface area is 114 Å². The Morgan fingerprint density at radius 3 is 2.83 bits per heavy atom. The molecule has 0 spiro atoms. The number of benzene rings is 1. The normalized spacial score (nSPS) is 10.4. The molecule has 0 saturated heterocycles. The van der Waals surface area contributed by atoms with Gasteiger partial charge in [-0.25, -0.2) is 0 Å². The molecule has 0 N–H and O–H groups in total. The molecule has 0 bridgehead atoms. The first kappa shape index (κ1) is 12.7. The van der Waals surface area contributed by atoms with Gasteiger partial charge in [0.25, 0.3) is 0 Å². The molecule has 0 saturated carbocycles. The SMILES string of the molecule is CC(C)n1cc(Oc2ccc(Br)cc2C#N)cn1. The van der Waals surface area contributed by atoms with Gasteiger partial charge >= 0.3 is 0 Å². The highest BCUT2D eigenvalue weighted by atomic mass is 79.9. The molecule has 0 aliphatic carbocycles. The van der Waals surface area contributed by atoms with E-state index in [9.17, 15) is 0 Å². The summed E-state index contributed by atoms with van der Waals surface area (Å²) in [6, 6.07) is 7.70. The quantitative estimate of drug-likeness (QED) is 0.864. The number of ether oxygens (including phenoxy) is 1. The van der Waals surface area contributed by atoms with Crippen molar-refractivity contribution in [1.82, 2.24) is 9.78 Å². The molecule has 5 heteroatoms. The van der Waals surface area contributed by atoms with Crippen LogP contribution >= 0.6 is 15.9 Å². The largest absolute Gasteiger partial charge is 0.453 e. The Kier molecular flexibility index (Phi) is 3.68. The summed E-state index contributed by atoms with van der Waals surface area (Å²) in [7, 11) is 0. The summed E-state index contributed by atoms with van der Waals surface area (Å²) in [5.41, 5.74) is 0.488. The van der Waals surface area contributed by atoms with Gasteiger partial charge in [0, 0.05) is 10.5 Å². The van der Waals surface area contributed by atoms with E-state index in [0.717, 1.165) is 4.47 Å². The molecule has 92 valence electrons. The molecule has 1 aromatic carbocycles. The summed E-state index contributed by atoms with van der Waals surface area (Å²) in [5.74, 6) is 1.16. The standard InChI is InChI=1S/C13H12BrN3O/c1-9(2)17-8-12(7-16-17)18-13-4-3-11(14)5-10(13)6-15/h3-5,7-9H,1-2H3. The summed E-state index contributed by atoms with van der Waals surface area (Å²) in [6.07, 6.45) is 3.46. The van der Waals surface area contributed by atoms with Crippen LogP contribution in [0.2, 0.25) is 0 Å². The zero-order chi connectivity index (χ0) is 13.1. The van der Waals surface area contributed by atoms with Gasteiger partial charge in [-0.05, 0) is 32.0 Å². The molecule has 0 fully saturated rings. The molecule has 4 nitrogen and oxygen atoms in total. The predicted octanol–water partition coefficient (Wildman–Crippen LogP) is 3.89. The van der Waals surface area contributed by atoms with Crippen molar-refractivity contribution in [3.05, 3.63) is 40.6 Å². The van der Waals surface area contributed by atoms with Gasteiger partial charge in [0.2, 0.25) is 0 Å². The van der Waals surface area contributed by atoms with Crippen LogP contribution in [0.15, 0.2) is 35.1 Å². The van der Waals surface area contributed by atoms with Crippen LogP contribution in [0.25, 0.3) is 0 Å². The van der Waals surface area contributed by atoms with Gasteiger partial charge in [-0.3, -0.25) is 4.68 Å². The topological polar surface area (TPSA) is 50.8 Å². The summed E-state index contributed by atoms with van der Waals surface area (Å²) in [4.78, 5) is 0. The summed E-state index contributed by atoms with van der Waals surface area (Å²) in [6.45, 7) is 4.08. The first-order chi connectivity index (χ1) is 8.60. The number of nitrogens with zero attached hydrogens (tertiary/aromatic N) is 3. The lowest BCUT2D eigenvalue weighted by molar-refractivity contribution is 0.475. The molecule has 0 amide bonds. The molecular formula is C13H12BrN3O. The van der Waals surface area contributed by atoms with Crippen molar-refractivity contribution in [3.8, 4) is 17.6 Å². The van der Waals surface area contributed by atoms with Crippen LogP contribution < -0.4 is 4.74 Å². The fraction of sp³-hybridized carbons (Fsp3) is 0.231. The van der Waals surface area contributed by atoms with Crippen LogP contribution in [0.4, 0.5) is 0 Å². The maximum Gasteiger partial charge on any atom is 0.165 e. The second-order valence-electron chi connectivity index (χ2n) is 4.10. The van der Waals surface area contributed by atoms with Gasteiger partial charge in [-0.1, -0.05) is 15.9 Å². The summed E-state index contributed by atoms with van der Waals surface area (Å²) < 4.78 is 8.32. The lowest BCUT2D eigenvalue weighted by atomic mass is 10.2. The van der Waals surface area contributed by atoms with Gasteiger partial charge < -0.3 is 4.74 Å². The molecule has 1 heterocycles. The van der Waals surface area contributed by atoms with Crippen LogP contribution in [-0.4, -0.2) is 9.78 Å². The predicted molar refractivity (Wildman–Crippen MR) is 71.5 cm³/mol. The van der Waals surface area contributed by atoms with Gasteiger partial charge in [-0.2, -0.15) is 10.4 Å². The average molecular weight is 306 g/mol. The van der Waals surface area contributed by atoms with E-state index in [2.05, 4.69) is 27.1 Å². The van der Waals surface area contributed by atoms with E-state index in [0.29, 0.717) is 17.1 Å². The second kappa shape index (κ2) is 5.23. The Bertz CT molecular complexity index is 599. The number of hydrogen-bond acceptors (Lipinski definition) is 3. The molecule has 2 aromatic rings. The Morgan fingerprint density at radius 1 is 1.44 bits per heavy atom. The zero-order valence-corrected chi connectivity index (χ0v) is 11.7. The van der Waals surface area contributed by atoms with E-state index in [1.807, 2.05) is 26.1 Å². The van der Waals surface area contributed by atoms with Crippen molar-refractivity contribution in [3.63, 3.8) is 0 Å². The molecule has 0 atom stereocenters. The van der Waals surface area contributed by atoms with Crippen molar-refractivity contribution in [2.75, 3.05) is 0 Å². The molecule has 0 unspecified atom stereocenters. The second-order valence-corrected chi connectivity index (χ2v) is 5.02. The fourth-order valence-corrected chi connectivity index (χ4v) is 1.82. The maximum atomic E-state index is 9.04. The minimum absolute atomic E-state index is 0.280. The van der Waals surface area contributed by atoms with Crippen molar-refractivity contribution in [2.24, 2.45) is 0 Å². The first-order valence-electron chi connectivity index (χ1n) is 5.52. The van der Waals surface area contributed by atoms with Crippen LogP contribution in [-0.2, 0) is 0 Å². The third-order valence-electron chi connectivity index (χ3n) is 2.40. The van der Waals surface area contributed by atoms with Crippen molar-refractivity contribution < 1.29 is 4.74 Å². The summed E-state index contributed by atoms with van der Waals surface area (Å²) in [5, 5.41) is 13.2. The van der Waals surface area contributed by atoms with Crippen molar-refractivity contribution in [1.29, 1.82) is 5.26 Å². The van der Waals surface area contributed by atoms with Crippen LogP contribution in [0.5, 0.6) is 11.5 Å². The van der Waals surface area contributed by atoms with E-state index >= 15 is 0 Å². The molecule has 0 radical (unpaired) electrons. The molecule has 1 aromatic heterocycles. The van der Waals surface area contributed by atoms with E-state index in [1.54, 1.807) is 23.0 Å². The smallest absolute Gasteiger partial charge is 0.165 e. The van der Waals surface area contributed by atoms with Gasteiger partial charge in [-0.15, -0.1) is 0 Å². The van der Waals surface area contributed by atoms with Crippen LogP contribution in [0, 0.1) is 11.3 Å². The number of rotatable bonds is 3. The van der Waals surface area contributed by atoms with E-state index in [1.165, 1.54) is 0 Å². The Hall–Kier alpha value is -1.80. The van der Waals surface area contributed by atoms with Gasteiger partial charge in [0.15, 0.2) is 5.75 Å². The van der Waals surface area contributed by atoms with E-state index in [4.69, 9.17) is 10.00 Å². The van der Waals surface area contributed by atoms with Crippen molar-refractivity contribution >= 4 is 15.9 Å². The van der Waals surface area contributed by atoms with E-state index < -0.39 is 0 Å². The third-order valence-corrected chi connectivity index (χ3v) is 2.89. The number of aromatic nitrogens is 2. The van der Waals surface area contributed by atoms with Crippen LogP contribution in [0.3, 0.4) is 0 Å². The van der Waals surface area contributed by atoms with Crippen LogP contribution in [0.1, 0.15) is 25.5 Å². The minimum atomic E-state index is 0.280. The Balaban J connectivity index is 2.26. The molecule has 2 rings (SSSR count). The average Bonchev–Trinajstić information content (AvgIpc) is 2.80. The first-order valence-corrected chi connectivity index (χ1v) is 6.31. The zero-order valence-electron chi connectivity index (χ0n) is 10.1. The molecule has 0 aliphatic heterocycles.